The van der Waals surface area contributed by atoms with Crippen LogP contribution in [0.25, 0.3) is 11.3 Å². The Balaban J connectivity index is 2.58. The third-order valence-electron chi connectivity index (χ3n) is 2.73. The molecule has 0 aliphatic heterocycles. The van der Waals surface area contributed by atoms with E-state index in [9.17, 15) is 4.79 Å². The maximum atomic E-state index is 11.2. The van der Waals surface area contributed by atoms with Gasteiger partial charge in [0.1, 0.15) is 5.75 Å². The zero-order valence-corrected chi connectivity index (χ0v) is 10.8. The quantitative estimate of drug-likeness (QED) is 0.895. The summed E-state index contributed by atoms with van der Waals surface area (Å²) in [5.41, 5.74) is 8.02. The SMILES string of the molecule is COc1ccc(Cl)cc1-c1cc(C(N)=O)c(C)[nH]1. The Labute approximate surface area is 110 Å². The number of aromatic nitrogens is 1. The number of ether oxygens (including phenoxy) is 1. The standard InChI is InChI=1S/C13H13ClN2O2/c1-7-9(13(15)17)6-11(16-7)10-5-8(14)3-4-12(10)18-2/h3-6,16H,1-2H3,(H2,15,17). The van der Waals surface area contributed by atoms with E-state index in [-0.39, 0.29) is 0 Å². The summed E-state index contributed by atoms with van der Waals surface area (Å²) in [4.78, 5) is 14.3. The Kier molecular flexibility index (Phi) is 3.30. The molecule has 0 bridgehead atoms. The van der Waals surface area contributed by atoms with E-state index < -0.39 is 5.91 Å². The van der Waals surface area contributed by atoms with Crippen LogP contribution in [0.1, 0.15) is 16.1 Å². The Morgan fingerprint density at radius 2 is 2.11 bits per heavy atom. The maximum absolute atomic E-state index is 11.2. The molecule has 0 unspecified atom stereocenters. The number of hydrogen-bond donors (Lipinski definition) is 2. The number of aryl methyl sites for hydroxylation is 1. The van der Waals surface area contributed by atoms with Gasteiger partial charge in [0, 0.05) is 16.3 Å². The topological polar surface area (TPSA) is 68.1 Å². The summed E-state index contributed by atoms with van der Waals surface area (Å²) in [6.07, 6.45) is 0. The molecule has 0 saturated heterocycles. The first-order chi connectivity index (χ1) is 8.52. The molecular formula is C13H13ClN2O2. The Morgan fingerprint density at radius 3 is 2.67 bits per heavy atom. The van der Waals surface area contributed by atoms with E-state index in [2.05, 4.69) is 4.98 Å². The fourth-order valence-electron chi connectivity index (χ4n) is 1.85. The minimum atomic E-state index is -0.462. The molecule has 0 aliphatic rings. The minimum Gasteiger partial charge on any atom is -0.496 e. The number of methoxy groups -OCH3 is 1. The summed E-state index contributed by atoms with van der Waals surface area (Å²) in [5, 5.41) is 0.596. The molecule has 4 nitrogen and oxygen atoms in total. The van der Waals surface area contributed by atoms with Gasteiger partial charge in [0.15, 0.2) is 0 Å². The van der Waals surface area contributed by atoms with E-state index in [1.165, 1.54) is 0 Å². The van der Waals surface area contributed by atoms with Crippen LogP contribution in [-0.4, -0.2) is 18.0 Å². The van der Waals surface area contributed by atoms with Gasteiger partial charge in [0.25, 0.3) is 5.91 Å². The first-order valence-electron chi connectivity index (χ1n) is 5.36. The second-order valence-corrected chi connectivity index (χ2v) is 4.37. The van der Waals surface area contributed by atoms with Crippen molar-refractivity contribution < 1.29 is 9.53 Å². The highest BCUT2D eigenvalue weighted by Gasteiger charge is 2.14. The molecule has 0 saturated carbocycles. The monoisotopic (exact) mass is 264 g/mol. The van der Waals surface area contributed by atoms with Gasteiger partial charge in [-0.05, 0) is 31.2 Å². The number of rotatable bonds is 3. The predicted octanol–water partition coefficient (Wildman–Crippen LogP) is 2.75. The predicted molar refractivity (Wildman–Crippen MR) is 71.0 cm³/mol. The molecule has 0 aliphatic carbocycles. The number of carbonyl (C=O) groups excluding carboxylic acids is 1. The lowest BCUT2D eigenvalue weighted by atomic mass is 10.1. The molecule has 2 aromatic rings. The summed E-state index contributed by atoms with van der Waals surface area (Å²) in [6, 6.07) is 6.99. The van der Waals surface area contributed by atoms with Crippen molar-refractivity contribution in [1.82, 2.24) is 4.98 Å². The highest BCUT2D eigenvalue weighted by Crippen LogP contribution is 2.32. The number of amides is 1. The van der Waals surface area contributed by atoms with Crippen LogP contribution >= 0.6 is 11.6 Å². The van der Waals surface area contributed by atoms with E-state index in [1.54, 1.807) is 38.3 Å². The molecule has 94 valence electrons. The van der Waals surface area contributed by atoms with E-state index in [0.717, 1.165) is 17.0 Å². The van der Waals surface area contributed by atoms with Gasteiger partial charge in [-0.3, -0.25) is 4.79 Å². The van der Waals surface area contributed by atoms with Crippen molar-refractivity contribution in [3.05, 3.63) is 40.5 Å². The Bertz CT molecular complexity index is 605. The lowest BCUT2D eigenvalue weighted by Crippen LogP contribution is -2.10. The van der Waals surface area contributed by atoms with Crippen molar-refractivity contribution in [1.29, 1.82) is 0 Å². The maximum Gasteiger partial charge on any atom is 0.250 e. The lowest BCUT2D eigenvalue weighted by molar-refractivity contribution is 0.1000. The summed E-state index contributed by atoms with van der Waals surface area (Å²) in [7, 11) is 1.58. The van der Waals surface area contributed by atoms with Gasteiger partial charge in [0.2, 0.25) is 0 Å². The van der Waals surface area contributed by atoms with E-state index in [4.69, 9.17) is 22.1 Å². The lowest BCUT2D eigenvalue weighted by Gasteiger charge is -2.07. The van der Waals surface area contributed by atoms with Crippen molar-refractivity contribution in [3.8, 4) is 17.0 Å². The zero-order chi connectivity index (χ0) is 13.3. The average Bonchev–Trinajstić information content (AvgIpc) is 2.71. The van der Waals surface area contributed by atoms with Crippen LogP contribution in [0.4, 0.5) is 0 Å². The van der Waals surface area contributed by atoms with E-state index >= 15 is 0 Å². The molecule has 5 heteroatoms. The van der Waals surface area contributed by atoms with Crippen molar-refractivity contribution in [3.63, 3.8) is 0 Å². The second-order valence-electron chi connectivity index (χ2n) is 3.93. The van der Waals surface area contributed by atoms with Crippen molar-refractivity contribution in [2.45, 2.75) is 6.92 Å². The van der Waals surface area contributed by atoms with Crippen LogP contribution in [-0.2, 0) is 0 Å². The first-order valence-corrected chi connectivity index (χ1v) is 5.74. The van der Waals surface area contributed by atoms with Crippen LogP contribution in [0.3, 0.4) is 0 Å². The number of benzene rings is 1. The summed E-state index contributed by atoms with van der Waals surface area (Å²) in [6.45, 7) is 1.79. The fourth-order valence-corrected chi connectivity index (χ4v) is 2.02. The number of H-pyrrole nitrogens is 1. The highest BCUT2D eigenvalue weighted by molar-refractivity contribution is 6.31. The van der Waals surface area contributed by atoms with Crippen molar-refractivity contribution in [2.24, 2.45) is 5.73 Å². The van der Waals surface area contributed by atoms with Crippen LogP contribution in [0, 0.1) is 6.92 Å². The number of primary amides is 1. The molecule has 1 aromatic carbocycles. The zero-order valence-electron chi connectivity index (χ0n) is 10.1. The third-order valence-corrected chi connectivity index (χ3v) is 2.97. The third kappa shape index (κ3) is 2.19. The number of nitrogens with two attached hydrogens (primary N) is 1. The van der Waals surface area contributed by atoms with Crippen LogP contribution in [0.2, 0.25) is 5.02 Å². The van der Waals surface area contributed by atoms with Gasteiger partial charge in [0.05, 0.1) is 18.4 Å². The van der Waals surface area contributed by atoms with Gasteiger partial charge in [-0.15, -0.1) is 0 Å². The molecule has 0 atom stereocenters. The molecule has 2 rings (SSSR count). The van der Waals surface area contributed by atoms with E-state index in [0.29, 0.717) is 16.3 Å². The second kappa shape index (κ2) is 4.74. The molecule has 18 heavy (non-hydrogen) atoms. The average molecular weight is 265 g/mol. The van der Waals surface area contributed by atoms with Crippen LogP contribution in [0.15, 0.2) is 24.3 Å². The minimum absolute atomic E-state index is 0.462. The largest absolute Gasteiger partial charge is 0.496 e. The molecule has 1 heterocycles. The van der Waals surface area contributed by atoms with Crippen molar-refractivity contribution >= 4 is 17.5 Å². The summed E-state index contributed by atoms with van der Waals surface area (Å²) >= 11 is 5.97. The van der Waals surface area contributed by atoms with Gasteiger partial charge in [-0.25, -0.2) is 0 Å². The normalized spacial score (nSPS) is 10.4. The fraction of sp³-hybridized carbons (Fsp3) is 0.154. The van der Waals surface area contributed by atoms with Gasteiger partial charge in [-0.2, -0.15) is 0 Å². The Morgan fingerprint density at radius 1 is 1.39 bits per heavy atom. The number of nitrogens with one attached hydrogen (secondary N) is 1. The number of aromatic amines is 1. The smallest absolute Gasteiger partial charge is 0.250 e. The van der Waals surface area contributed by atoms with Crippen LogP contribution < -0.4 is 10.5 Å². The van der Waals surface area contributed by atoms with Gasteiger partial charge in [-0.1, -0.05) is 11.6 Å². The summed E-state index contributed by atoms with van der Waals surface area (Å²) < 4.78 is 5.27. The number of halogens is 1. The molecule has 3 N–H and O–H groups in total. The molecule has 1 amide bonds. The molecule has 1 aromatic heterocycles. The molecular weight excluding hydrogens is 252 g/mol. The van der Waals surface area contributed by atoms with Crippen molar-refractivity contribution in [2.75, 3.05) is 7.11 Å². The summed E-state index contributed by atoms with van der Waals surface area (Å²) in [5.74, 6) is 0.215. The van der Waals surface area contributed by atoms with Gasteiger partial charge >= 0.3 is 0 Å². The van der Waals surface area contributed by atoms with E-state index in [1.807, 2.05) is 0 Å². The highest BCUT2D eigenvalue weighted by atomic mass is 35.5. The number of hydrogen-bond acceptors (Lipinski definition) is 2. The first kappa shape index (κ1) is 12.5. The van der Waals surface area contributed by atoms with Crippen LogP contribution in [0.5, 0.6) is 5.75 Å². The Hall–Kier alpha value is -1.94. The number of carbonyl (C=O) groups is 1. The molecule has 0 spiro atoms. The molecule has 0 fully saturated rings. The van der Waals surface area contributed by atoms with Gasteiger partial charge < -0.3 is 15.5 Å². The molecule has 0 radical (unpaired) electrons.